The molecule has 0 amide bonds. The number of aliphatic hydroxyl groups excluding tert-OH is 1. The predicted molar refractivity (Wildman–Crippen MR) is 99.8 cm³/mol. The van der Waals surface area contributed by atoms with Crippen LogP contribution in [0.2, 0.25) is 0 Å². The summed E-state index contributed by atoms with van der Waals surface area (Å²) in [5, 5.41) is 13.9. The maximum absolute atomic E-state index is 9.32. The lowest BCUT2D eigenvalue weighted by Gasteiger charge is -2.33. The van der Waals surface area contributed by atoms with Crippen molar-refractivity contribution in [3.05, 3.63) is 54.4 Å². The Labute approximate surface area is 147 Å². The van der Waals surface area contributed by atoms with Crippen LogP contribution >= 0.6 is 0 Å². The Balaban J connectivity index is 1.47. The van der Waals surface area contributed by atoms with E-state index in [-0.39, 0.29) is 6.61 Å². The van der Waals surface area contributed by atoms with E-state index in [2.05, 4.69) is 33.4 Å². The first-order chi connectivity index (χ1) is 12.3. The molecule has 4 rings (SSSR count). The summed E-state index contributed by atoms with van der Waals surface area (Å²) in [6.07, 6.45) is 3.85. The van der Waals surface area contributed by atoms with Gasteiger partial charge in [-0.25, -0.2) is 4.98 Å². The minimum Gasteiger partial charge on any atom is -0.459 e. The van der Waals surface area contributed by atoms with Crippen molar-refractivity contribution in [2.75, 3.05) is 29.9 Å². The molecule has 2 N–H and O–H groups in total. The second kappa shape index (κ2) is 7.15. The van der Waals surface area contributed by atoms with Gasteiger partial charge in [-0.2, -0.15) is 0 Å². The fourth-order valence-electron chi connectivity index (χ4n) is 3.42. The van der Waals surface area contributed by atoms with Crippen molar-refractivity contribution in [1.29, 1.82) is 0 Å². The number of hydrogen-bond acceptors (Lipinski definition) is 5. The van der Waals surface area contributed by atoms with E-state index in [0.717, 1.165) is 54.2 Å². The van der Waals surface area contributed by atoms with Crippen LogP contribution in [0.5, 0.6) is 0 Å². The summed E-state index contributed by atoms with van der Waals surface area (Å²) in [7, 11) is 0. The molecule has 0 aliphatic carbocycles. The van der Waals surface area contributed by atoms with Gasteiger partial charge in [0.2, 0.25) is 0 Å². The van der Waals surface area contributed by atoms with Crippen molar-refractivity contribution in [1.82, 2.24) is 4.98 Å². The summed E-state index contributed by atoms with van der Waals surface area (Å²) in [6.45, 7) is 2.77. The number of fused-ring (bicyclic) bond motifs is 1. The molecule has 0 radical (unpaired) electrons. The molecule has 0 atom stereocenters. The van der Waals surface area contributed by atoms with E-state index in [1.165, 1.54) is 0 Å². The number of hydrogen-bond donors (Lipinski definition) is 2. The number of para-hydroxylation sites is 1. The molecule has 3 heterocycles. The zero-order chi connectivity index (χ0) is 17.1. The molecule has 1 fully saturated rings. The van der Waals surface area contributed by atoms with Crippen LogP contribution in [-0.4, -0.2) is 29.8 Å². The van der Waals surface area contributed by atoms with Gasteiger partial charge in [0, 0.05) is 31.3 Å². The number of nitrogens with zero attached hydrogens (tertiary/aromatic N) is 2. The highest BCUT2D eigenvalue weighted by Crippen LogP contribution is 2.28. The zero-order valence-corrected chi connectivity index (χ0v) is 14.2. The number of pyridine rings is 1. The van der Waals surface area contributed by atoms with Crippen LogP contribution in [0.3, 0.4) is 0 Å². The van der Waals surface area contributed by atoms with Crippen molar-refractivity contribution < 1.29 is 9.52 Å². The third-order valence-corrected chi connectivity index (χ3v) is 4.89. The van der Waals surface area contributed by atoms with E-state index in [1.54, 1.807) is 0 Å². The highest BCUT2D eigenvalue weighted by molar-refractivity contribution is 5.77. The maximum atomic E-state index is 9.32. The number of aliphatic hydroxyl groups is 1. The van der Waals surface area contributed by atoms with Gasteiger partial charge in [0.05, 0.1) is 12.2 Å². The first-order valence-corrected chi connectivity index (χ1v) is 8.85. The van der Waals surface area contributed by atoms with Gasteiger partial charge in [0.25, 0.3) is 0 Å². The summed E-state index contributed by atoms with van der Waals surface area (Å²) in [4.78, 5) is 6.88. The molecule has 1 aromatic carbocycles. The third-order valence-electron chi connectivity index (χ3n) is 4.89. The minimum absolute atomic E-state index is 0.285. The van der Waals surface area contributed by atoms with Crippen molar-refractivity contribution in [3.63, 3.8) is 0 Å². The van der Waals surface area contributed by atoms with Crippen LogP contribution in [0.15, 0.2) is 53.1 Å². The standard InChI is InChI=1S/C20H23N3O2/c24-14-15-7-10-23(11-8-15)20-18(5-3-9-21-20)22-13-17-12-16-4-1-2-6-19(16)25-17/h1-6,9,12,15,22,24H,7-8,10-11,13-14H2. The number of furan rings is 1. The van der Waals surface area contributed by atoms with Crippen LogP contribution in [0.25, 0.3) is 11.0 Å². The molecule has 0 saturated carbocycles. The zero-order valence-electron chi connectivity index (χ0n) is 14.2. The molecule has 5 heteroatoms. The van der Waals surface area contributed by atoms with Crippen LogP contribution in [-0.2, 0) is 6.54 Å². The lowest BCUT2D eigenvalue weighted by Crippen LogP contribution is -2.35. The van der Waals surface area contributed by atoms with Crippen LogP contribution in [0, 0.1) is 5.92 Å². The molecule has 3 aromatic rings. The lowest BCUT2D eigenvalue weighted by molar-refractivity contribution is 0.203. The smallest absolute Gasteiger partial charge is 0.151 e. The van der Waals surface area contributed by atoms with Crippen LogP contribution < -0.4 is 10.2 Å². The molecule has 130 valence electrons. The van der Waals surface area contributed by atoms with E-state index in [0.29, 0.717) is 12.5 Å². The van der Waals surface area contributed by atoms with Crippen LogP contribution in [0.1, 0.15) is 18.6 Å². The van der Waals surface area contributed by atoms with Gasteiger partial charge >= 0.3 is 0 Å². The topological polar surface area (TPSA) is 61.5 Å². The molecular formula is C20H23N3O2. The Morgan fingerprint density at radius 2 is 2.00 bits per heavy atom. The van der Waals surface area contributed by atoms with E-state index in [9.17, 15) is 5.11 Å². The Kier molecular flexibility index (Phi) is 4.57. The molecule has 0 spiro atoms. The molecule has 25 heavy (non-hydrogen) atoms. The Morgan fingerprint density at radius 1 is 1.16 bits per heavy atom. The van der Waals surface area contributed by atoms with E-state index < -0.39 is 0 Å². The minimum atomic E-state index is 0.285. The van der Waals surface area contributed by atoms with Gasteiger partial charge in [-0.05, 0) is 43.0 Å². The SMILES string of the molecule is OCC1CCN(c2ncccc2NCc2cc3ccccc3o2)CC1. The summed E-state index contributed by atoms with van der Waals surface area (Å²) < 4.78 is 5.88. The molecular weight excluding hydrogens is 314 g/mol. The van der Waals surface area contributed by atoms with Crippen molar-refractivity contribution >= 4 is 22.5 Å². The number of piperidine rings is 1. The average molecular weight is 337 g/mol. The van der Waals surface area contributed by atoms with Crippen LogP contribution in [0.4, 0.5) is 11.5 Å². The Hall–Kier alpha value is -2.53. The summed E-state index contributed by atoms with van der Waals surface area (Å²) >= 11 is 0. The number of aromatic nitrogens is 1. The monoisotopic (exact) mass is 337 g/mol. The maximum Gasteiger partial charge on any atom is 0.151 e. The summed E-state index contributed by atoms with van der Waals surface area (Å²) in [6, 6.07) is 14.1. The highest BCUT2D eigenvalue weighted by Gasteiger charge is 2.21. The largest absolute Gasteiger partial charge is 0.459 e. The van der Waals surface area contributed by atoms with Crippen molar-refractivity contribution in [2.45, 2.75) is 19.4 Å². The fraction of sp³-hybridized carbons (Fsp3) is 0.350. The predicted octanol–water partition coefficient (Wildman–Crippen LogP) is 3.65. The average Bonchev–Trinajstić information content (AvgIpc) is 3.10. The molecule has 5 nitrogen and oxygen atoms in total. The Bertz CT molecular complexity index is 805. The highest BCUT2D eigenvalue weighted by atomic mass is 16.3. The molecule has 0 unspecified atom stereocenters. The van der Waals surface area contributed by atoms with E-state index in [1.807, 2.05) is 30.5 Å². The molecule has 0 bridgehead atoms. The van der Waals surface area contributed by atoms with Gasteiger partial charge in [-0.15, -0.1) is 0 Å². The molecule has 1 saturated heterocycles. The fourth-order valence-corrected chi connectivity index (χ4v) is 3.42. The van der Waals surface area contributed by atoms with Crippen molar-refractivity contribution in [2.24, 2.45) is 5.92 Å². The molecule has 1 aliphatic heterocycles. The molecule has 2 aromatic heterocycles. The van der Waals surface area contributed by atoms with E-state index in [4.69, 9.17) is 4.42 Å². The second-order valence-electron chi connectivity index (χ2n) is 6.59. The third kappa shape index (κ3) is 3.46. The Morgan fingerprint density at radius 3 is 2.80 bits per heavy atom. The quantitative estimate of drug-likeness (QED) is 0.744. The van der Waals surface area contributed by atoms with E-state index >= 15 is 0 Å². The summed E-state index contributed by atoms with van der Waals surface area (Å²) in [5.41, 5.74) is 1.93. The number of benzene rings is 1. The summed E-state index contributed by atoms with van der Waals surface area (Å²) in [5.74, 6) is 2.32. The normalized spacial score (nSPS) is 15.6. The van der Waals surface area contributed by atoms with Gasteiger partial charge in [0.1, 0.15) is 11.3 Å². The van der Waals surface area contributed by atoms with Gasteiger partial charge in [0.15, 0.2) is 5.82 Å². The number of nitrogens with one attached hydrogen (secondary N) is 1. The van der Waals surface area contributed by atoms with Crippen molar-refractivity contribution in [3.8, 4) is 0 Å². The number of rotatable bonds is 5. The van der Waals surface area contributed by atoms with Gasteiger partial charge < -0.3 is 19.7 Å². The lowest BCUT2D eigenvalue weighted by atomic mass is 9.98. The molecule has 1 aliphatic rings. The first kappa shape index (κ1) is 16.0. The first-order valence-electron chi connectivity index (χ1n) is 8.85. The number of anilines is 2. The van der Waals surface area contributed by atoms with Gasteiger partial charge in [-0.3, -0.25) is 0 Å². The second-order valence-corrected chi connectivity index (χ2v) is 6.59. The van der Waals surface area contributed by atoms with Gasteiger partial charge in [-0.1, -0.05) is 18.2 Å².